The molecule has 3 N–H and O–H groups in total. The first-order valence-corrected chi connectivity index (χ1v) is 7.00. The molecule has 0 saturated carbocycles. The van der Waals surface area contributed by atoms with E-state index in [1.165, 1.54) is 6.07 Å². The second kappa shape index (κ2) is 7.49. The number of nitrogens with one attached hydrogen (secondary N) is 2. The number of likely N-dealkylation sites (N-methyl/N-ethyl adjacent to an activating group) is 1. The van der Waals surface area contributed by atoms with E-state index < -0.39 is 12.0 Å². The smallest absolute Gasteiger partial charge is 0.338 e. The van der Waals surface area contributed by atoms with Gasteiger partial charge in [0.05, 0.1) is 12.1 Å². The van der Waals surface area contributed by atoms with Crippen molar-refractivity contribution in [1.82, 2.24) is 10.2 Å². The summed E-state index contributed by atoms with van der Waals surface area (Å²) in [6.45, 7) is 4.74. The van der Waals surface area contributed by atoms with Crippen LogP contribution in [0.15, 0.2) is 11.4 Å². The maximum Gasteiger partial charge on any atom is 0.338 e. The second-order valence-corrected chi connectivity index (χ2v) is 4.76. The summed E-state index contributed by atoms with van der Waals surface area (Å²) >= 11 is 1.11. The Hall–Kier alpha value is -2.09. The van der Waals surface area contributed by atoms with Crippen LogP contribution in [0.2, 0.25) is 0 Å². The number of hydrogen-bond acceptors (Lipinski definition) is 4. The van der Waals surface area contributed by atoms with Gasteiger partial charge in [-0.05, 0) is 25.3 Å². The first-order chi connectivity index (χ1) is 9.49. The van der Waals surface area contributed by atoms with Gasteiger partial charge in [0.2, 0.25) is 5.91 Å². The van der Waals surface area contributed by atoms with E-state index in [9.17, 15) is 14.4 Å². The standard InChI is InChI=1S/C12H17N3O4S/c1-3-15(4-2)9(16)7-13-12(19)14-10-8(11(17)18)5-6-20-10/h5-6H,3-4,7H2,1-2H3,(H,17,18)(H2,13,14,19). The highest BCUT2D eigenvalue weighted by Crippen LogP contribution is 2.22. The number of carboxylic acids is 1. The average molecular weight is 299 g/mol. The van der Waals surface area contributed by atoms with Crippen LogP contribution in [-0.4, -0.2) is 47.5 Å². The third kappa shape index (κ3) is 4.23. The summed E-state index contributed by atoms with van der Waals surface area (Å²) in [5.41, 5.74) is 0.0280. The molecule has 0 unspecified atom stereocenters. The molecule has 0 fully saturated rings. The van der Waals surface area contributed by atoms with Crippen LogP contribution in [0, 0.1) is 0 Å². The molecule has 8 heteroatoms. The van der Waals surface area contributed by atoms with Gasteiger partial charge in [0.1, 0.15) is 5.00 Å². The summed E-state index contributed by atoms with van der Waals surface area (Å²) in [5.74, 6) is -1.30. The Labute approximate surface area is 120 Å². The lowest BCUT2D eigenvalue weighted by Gasteiger charge is -2.18. The molecule has 7 nitrogen and oxygen atoms in total. The lowest BCUT2D eigenvalue weighted by molar-refractivity contribution is -0.129. The fourth-order valence-electron chi connectivity index (χ4n) is 1.57. The summed E-state index contributed by atoms with van der Waals surface area (Å²) in [5, 5.41) is 15.5. The fourth-order valence-corrected chi connectivity index (χ4v) is 2.34. The van der Waals surface area contributed by atoms with E-state index in [-0.39, 0.29) is 23.0 Å². The van der Waals surface area contributed by atoms with Crippen molar-refractivity contribution in [3.05, 3.63) is 17.0 Å². The van der Waals surface area contributed by atoms with Crippen molar-refractivity contribution in [3.8, 4) is 0 Å². The third-order valence-electron chi connectivity index (χ3n) is 2.64. The van der Waals surface area contributed by atoms with Crippen molar-refractivity contribution < 1.29 is 19.5 Å². The molecule has 20 heavy (non-hydrogen) atoms. The lowest BCUT2D eigenvalue weighted by Crippen LogP contribution is -2.41. The predicted molar refractivity (Wildman–Crippen MR) is 76.2 cm³/mol. The number of hydrogen-bond donors (Lipinski definition) is 3. The molecule has 0 aliphatic carbocycles. The second-order valence-electron chi connectivity index (χ2n) is 3.84. The first kappa shape index (κ1) is 16.0. The maximum absolute atomic E-state index is 11.7. The first-order valence-electron chi connectivity index (χ1n) is 6.13. The van der Waals surface area contributed by atoms with Crippen molar-refractivity contribution in [1.29, 1.82) is 0 Å². The van der Waals surface area contributed by atoms with Gasteiger partial charge in [0, 0.05) is 13.1 Å². The van der Waals surface area contributed by atoms with Gasteiger partial charge in [-0.3, -0.25) is 10.1 Å². The Kier molecular flexibility index (Phi) is 5.98. The van der Waals surface area contributed by atoms with Crippen molar-refractivity contribution in [2.24, 2.45) is 0 Å². The van der Waals surface area contributed by atoms with E-state index in [0.29, 0.717) is 13.1 Å². The zero-order chi connectivity index (χ0) is 15.1. The van der Waals surface area contributed by atoms with Gasteiger partial charge in [0.25, 0.3) is 0 Å². The molecule has 0 aliphatic heterocycles. The number of nitrogens with zero attached hydrogens (tertiary/aromatic N) is 1. The van der Waals surface area contributed by atoms with Crippen LogP contribution >= 0.6 is 11.3 Å². The quantitative estimate of drug-likeness (QED) is 0.740. The lowest BCUT2D eigenvalue weighted by atomic mass is 10.3. The molecule has 0 saturated heterocycles. The molecule has 0 aliphatic rings. The Morgan fingerprint density at radius 1 is 1.30 bits per heavy atom. The number of anilines is 1. The molecule has 1 heterocycles. The number of aromatic carboxylic acids is 1. The Morgan fingerprint density at radius 2 is 1.95 bits per heavy atom. The van der Waals surface area contributed by atoms with Gasteiger partial charge in [-0.15, -0.1) is 11.3 Å². The number of urea groups is 1. The van der Waals surface area contributed by atoms with Crippen molar-refractivity contribution in [3.63, 3.8) is 0 Å². The summed E-state index contributed by atoms with van der Waals surface area (Å²) in [6, 6.07) is 0.805. The summed E-state index contributed by atoms with van der Waals surface area (Å²) in [6.07, 6.45) is 0. The van der Waals surface area contributed by atoms with Crippen molar-refractivity contribution >= 4 is 34.2 Å². The SMILES string of the molecule is CCN(CC)C(=O)CNC(=O)Nc1sccc1C(=O)O. The van der Waals surface area contributed by atoms with E-state index in [0.717, 1.165) is 11.3 Å². The van der Waals surface area contributed by atoms with Gasteiger partial charge in [-0.1, -0.05) is 0 Å². The third-order valence-corrected chi connectivity index (χ3v) is 3.47. The highest BCUT2D eigenvalue weighted by atomic mass is 32.1. The summed E-state index contributed by atoms with van der Waals surface area (Å²) in [4.78, 5) is 35.8. The molecule has 1 aromatic heterocycles. The van der Waals surface area contributed by atoms with Crippen LogP contribution in [0.5, 0.6) is 0 Å². The maximum atomic E-state index is 11.7. The molecule has 1 aromatic rings. The van der Waals surface area contributed by atoms with E-state index in [1.54, 1.807) is 10.3 Å². The zero-order valence-electron chi connectivity index (χ0n) is 11.3. The van der Waals surface area contributed by atoms with Gasteiger partial charge < -0.3 is 15.3 Å². The van der Waals surface area contributed by atoms with Crippen LogP contribution in [0.3, 0.4) is 0 Å². The minimum Gasteiger partial charge on any atom is -0.478 e. The summed E-state index contributed by atoms with van der Waals surface area (Å²) in [7, 11) is 0. The van der Waals surface area contributed by atoms with Gasteiger partial charge in [-0.2, -0.15) is 0 Å². The number of amides is 3. The molecule has 110 valence electrons. The number of thiophene rings is 1. The Balaban J connectivity index is 2.50. The van der Waals surface area contributed by atoms with Crippen LogP contribution < -0.4 is 10.6 Å². The molecule has 0 atom stereocenters. The van der Waals surface area contributed by atoms with Gasteiger partial charge in [-0.25, -0.2) is 9.59 Å². The molecule has 0 radical (unpaired) electrons. The van der Waals surface area contributed by atoms with Crippen molar-refractivity contribution in [2.45, 2.75) is 13.8 Å². The van der Waals surface area contributed by atoms with E-state index in [2.05, 4.69) is 10.6 Å². The average Bonchev–Trinajstić information content (AvgIpc) is 2.86. The highest BCUT2D eigenvalue weighted by Gasteiger charge is 2.15. The van der Waals surface area contributed by atoms with E-state index in [4.69, 9.17) is 5.11 Å². The molecule has 0 bridgehead atoms. The molecule has 3 amide bonds. The molecule has 0 aromatic carbocycles. The number of carbonyl (C=O) groups is 3. The minimum absolute atomic E-state index is 0.0280. The molecular formula is C12H17N3O4S. The van der Waals surface area contributed by atoms with E-state index in [1.807, 2.05) is 13.8 Å². The van der Waals surface area contributed by atoms with E-state index >= 15 is 0 Å². The number of carbonyl (C=O) groups excluding carboxylic acids is 2. The minimum atomic E-state index is -1.11. The Bertz CT molecular complexity index is 497. The largest absolute Gasteiger partial charge is 0.478 e. The topological polar surface area (TPSA) is 98.7 Å². The summed E-state index contributed by atoms with van der Waals surface area (Å²) < 4.78 is 0. The monoisotopic (exact) mass is 299 g/mol. The van der Waals surface area contributed by atoms with Crippen LogP contribution in [0.1, 0.15) is 24.2 Å². The van der Waals surface area contributed by atoms with Crippen LogP contribution in [0.25, 0.3) is 0 Å². The predicted octanol–water partition coefficient (Wildman–Crippen LogP) is 1.44. The number of rotatable bonds is 6. The zero-order valence-corrected chi connectivity index (χ0v) is 12.1. The fraction of sp³-hybridized carbons (Fsp3) is 0.417. The Morgan fingerprint density at radius 3 is 2.50 bits per heavy atom. The van der Waals surface area contributed by atoms with Crippen molar-refractivity contribution in [2.75, 3.05) is 25.0 Å². The highest BCUT2D eigenvalue weighted by molar-refractivity contribution is 7.14. The van der Waals surface area contributed by atoms with Gasteiger partial charge in [0.15, 0.2) is 0 Å². The van der Waals surface area contributed by atoms with Crippen LogP contribution in [0.4, 0.5) is 9.80 Å². The molecule has 0 spiro atoms. The normalized spacial score (nSPS) is 9.90. The van der Waals surface area contributed by atoms with Crippen LogP contribution in [-0.2, 0) is 4.79 Å². The van der Waals surface area contributed by atoms with Gasteiger partial charge >= 0.3 is 12.0 Å². The molecular weight excluding hydrogens is 282 g/mol. The molecule has 1 rings (SSSR count). The number of carboxylic acid groups (broad SMARTS) is 1.